The van der Waals surface area contributed by atoms with Gasteiger partial charge in [0.2, 0.25) is 11.8 Å². The van der Waals surface area contributed by atoms with E-state index in [0.717, 1.165) is 28.3 Å². The zero-order valence-electron chi connectivity index (χ0n) is 16.6. The maximum atomic E-state index is 12.6. The molecular formula is C22H24N4O3. The van der Waals surface area contributed by atoms with Crippen molar-refractivity contribution in [1.82, 2.24) is 19.6 Å². The molecule has 0 aliphatic carbocycles. The van der Waals surface area contributed by atoms with Crippen molar-refractivity contribution in [3.63, 3.8) is 0 Å². The van der Waals surface area contributed by atoms with E-state index in [0.29, 0.717) is 19.6 Å². The van der Waals surface area contributed by atoms with E-state index < -0.39 is 0 Å². The number of nitrogens with zero attached hydrogens (tertiary/aromatic N) is 3. The van der Waals surface area contributed by atoms with Crippen molar-refractivity contribution in [3.05, 3.63) is 65.6 Å². The molecule has 2 aromatic heterocycles. The van der Waals surface area contributed by atoms with Crippen molar-refractivity contribution in [2.75, 3.05) is 13.7 Å². The van der Waals surface area contributed by atoms with Crippen LogP contribution in [-0.2, 0) is 22.7 Å². The Hall–Kier alpha value is -3.35. The Kier molecular flexibility index (Phi) is 5.20. The third kappa shape index (κ3) is 4.08. The molecule has 7 nitrogen and oxygen atoms in total. The standard InChI is InChI=1S/C22H24N4O3/c1-15-4-3-5-20-24-18(14-26(15)20)11-23-22(28)17-10-21(27)25(13-17)12-16-6-8-19(29-2)9-7-16/h3-9,14,17H,10-13H2,1-2H3,(H,23,28). The fourth-order valence-corrected chi connectivity index (χ4v) is 3.66. The Morgan fingerprint density at radius 1 is 1.24 bits per heavy atom. The van der Waals surface area contributed by atoms with Crippen LogP contribution in [0.1, 0.15) is 23.4 Å². The van der Waals surface area contributed by atoms with Gasteiger partial charge in [0.15, 0.2) is 0 Å². The van der Waals surface area contributed by atoms with Crippen LogP contribution in [0, 0.1) is 12.8 Å². The molecule has 3 heterocycles. The summed E-state index contributed by atoms with van der Waals surface area (Å²) in [5.74, 6) is 0.342. The van der Waals surface area contributed by atoms with Crippen molar-refractivity contribution >= 4 is 17.5 Å². The topological polar surface area (TPSA) is 75.9 Å². The average Bonchev–Trinajstić information content (AvgIpc) is 3.31. The fraction of sp³-hybridized carbons (Fsp3) is 0.318. The highest BCUT2D eigenvalue weighted by atomic mass is 16.5. The monoisotopic (exact) mass is 392 g/mol. The Morgan fingerprint density at radius 3 is 2.76 bits per heavy atom. The van der Waals surface area contributed by atoms with E-state index in [9.17, 15) is 9.59 Å². The molecule has 1 aliphatic rings. The number of hydrogen-bond acceptors (Lipinski definition) is 4. The molecule has 1 aliphatic heterocycles. The lowest BCUT2D eigenvalue weighted by Crippen LogP contribution is -2.32. The Morgan fingerprint density at radius 2 is 2.03 bits per heavy atom. The highest BCUT2D eigenvalue weighted by Gasteiger charge is 2.34. The number of pyridine rings is 1. The van der Waals surface area contributed by atoms with Crippen molar-refractivity contribution in [3.8, 4) is 5.75 Å². The molecule has 150 valence electrons. The van der Waals surface area contributed by atoms with E-state index in [1.165, 1.54) is 0 Å². The van der Waals surface area contributed by atoms with Gasteiger partial charge in [-0.05, 0) is 36.8 Å². The van der Waals surface area contributed by atoms with Crippen molar-refractivity contribution in [2.45, 2.75) is 26.4 Å². The van der Waals surface area contributed by atoms with Crippen LogP contribution in [0.15, 0.2) is 48.7 Å². The summed E-state index contributed by atoms with van der Waals surface area (Å²) in [6, 6.07) is 13.5. The van der Waals surface area contributed by atoms with Crippen molar-refractivity contribution in [2.24, 2.45) is 5.92 Å². The average molecular weight is 392 g/mol. The third-order valence-electron chi connectivity index (χ3n) is 5.31. The van der Waals surface area contributed by atoms with Crippen LogP contribution in [0.5, 0.6) is 5.75 Å². The van der Waals surface area contributed by atoms with Crippen LogP contribution in [0.2, 0.25) is 0 Å². The molecule has 1 saturated heterocycles. The Balaban J connectivity index is 1.34. The zero-order valence-corrected chi connectivity index (χ0v) is 16.6. The summed E-state index contributed by atoms with van der Waals surface area (Å²) < 4.78 is 7.16. The second-order valence-corrected chi connectivity index (χ2v) is 7.37. The predicted octanol–water partition coefficient (Wildman–Crippen LogP) is 2.32. The molecule has 7 heteroatoms. The second kappa shape index (κ2) is 7.95. The molecule has 3 aromatic rings. The Bertz CT molecular complexity index is 1040. The number of ether oxygens (including phenoxy) is 1. The van der Waals surface area contributed by atoms with E-state index in [1.54, 1.807) is 12.0 Å². The van der Waals surface area contributed by atoms with Gasteiger partial charge >= 0.3 is 0 Å². The van der Waals surface area contributed by atoms with E-state index in [-0.39, 0.29) is 24.2 Å². The molecule has 1 N–H and O–H groups in total. The van der Waals surface area contributed by atoms with E-state index in [2.05, 4.69) is 10.3 Å². The third-order valence-corrected chi connectivity index (χ3v) is 5.31. The number of carbonyl (C=O) groups excluding carboxylic acids is 2. The summed E-state index contributed by atoms with van der Waals surface area (Å²) in [5.41, 5.74) is 3.76. The minimum absolute atomic E-state index is 0.00400. The number of rotatable bonds is 6. The normalized spacial score (nSPS) is 16.4. The minimum atomic E-state index is -0.334. The largest absolute Gasteiger partial charge is 0.497 e. The van der Waals surface area contributed by atoms with Crippen LogP contribution in [0.3, 0.4) is 0 Å². The number of methoxy groups -OCH3 is 1. The van der Waals surface area contributed by atoms with Gasteiger partial charge in [-0.15, -0.1) is 0 Å². The van der Waals surface area contributed by atoms with Gasteiger partial charge < -0.3 is 19.4 Å². The minimum Gasteiger partial charge on any atom is -0.497 e. The van der Waals surface area contributed by atoms with Crippen LogP contribution in [0.4, 0.5) is 0 Å². The quantitative estimate of drug-likeness (QED) is 0.699. The molecular weight excluding hydrogens is 368 g/mol. The van der Waals surface area contributed by atoms with Gasteiger partial charge in [0.1, 0.15) is 11.4 Å². The lowest BCUT2D eigenvalue weighted by atomic mass is 10.1. The molecule has 4 rings (SSSR count). The lowest BCUT2D eigenvalue weighted by molar-refractivity contribution is -0.129. The van der Waals surface area contributed by atoms with Gasteiger partial charge in [0.05, 0.1) is 25.3 Å². The molecule has 0 saturated carbocycles. The summed E-state index contributed by atoms with van der Waals surface area (Å²) >= 11 is 0. The van der Waals surface area contributed by atoms with Gasteiger partial charge in [0.25, 0.3) is 0 Å². The van der Waals surface area contributed by atoms with Gasteiger partial charge in [-0.2, -0.15) is 0 Å². The van der Waals surface area contributed by atoms with Crippen LogP contribution < -0.4 is 10.1 Å². The zero-order chi connectivity index (χ0) is 20.4. The number of aromatic nitrogens is 2. The number of carbonyl (C=O) groups is 2. The Labute approximate surface area is 169 Å². The first kappa shape index (κ1) is 19.0. The molecule has 1 fully saturated rings. The molecule has 0 bridgehead atoms. The van der Waals surface area contributed by atoms with Crippen molar-refractivity contribution in [1.29, 1.82) is 0 Å². The number of fused-ring (bicyclic) bond motifs is 1. The van der Waals surface area contributed by atoms with Gasteiger partial charge in [-0.25, -0.2) is 4.98 Å². The number of amides is 2. The number of likely N-dealkylation sites (tertiary alicyclic amines) is 1. The SMILES string of the molecule is COc1ccc(CN2CC(C(=O)NCc3cn4c(C)cccc4n3)CC2=O)cc1. The van der Waals surface area contributed by atoms with E-state index >= 15 is 0 Å². The molecule has 29 heavy (non-hydrogen) atoms. The van der Waals surface area contributed by atoms with Gasteiger partial charge in [0, 0.05) is 31.4 Å². The van der Waals surface area contributed by atoms with Crippen molar-refractivity contribution < 1.29 is 14.3 Å². The maximum Gasteiger partial charge on any atom is 0.225 e. The highest BCUT2D eigenvalue weighted by Crippen LogP contribution is 2.21. The molecule has 1 unspecified atom stereocenters. The molecule has 0 radical (unpaired) electrons. The summed E-state index contributed by atoms with van der Waals surface area (Å²) in [7, 11) is 1.62. The number of imidazole rings is 1. The number of aryl methyl sites for hydroxylation is 1. The van der Waals surface area contributed by atoms with Gasteiger partial charge in [-0.3, -0.25) is 9.59 Å². The first-order valence-electron chi connectivity index (χ1n) is 9.65. The maximum absolute atomic E-state index is 12.6. The molecule has 1 aromatic carbocycles. The van der Waals surface area contributed by atoms with Crippen LogP contribution in [-0.4, -0.2) is 39.8 Å². The summed E-state index contributed by atoms with van der Waals surface area (Å²) in [5, 5.41) is 2.93. The predicted molar refractivity (Wildman–Crippen MR) is 108 cm³/mol. The molecule has 2 amide bonds. The number of nitrogens with one attached hydrogen (secondary N) is 1. The van der Waals surface area contributed by atoms with Crippen LogP contribution >= 0.6 is 0 Å². The first-order chi connectivity index (χ1) is 14.0. The smallest absolute Gasteiger partial charge is 0.225 e. The number of benzene rings is 1. The highest BCUT2D eigenvalue weighted by molar-refractivity contribution is 5.89. The summed E-state index contributed by atoms with van der Waals surface area (Å²) in [6.07, 6.45) is 2.17. The molecule has 0 spiro atoms. The lowest BCUT2D eigenvalue weighted by Gasteiger charge is -2.17. The van der Waals surface area contributed by atoms with E-state index in [1.807, 2.05) is 60.0 Å². The fourth-order valence-electron chi connectivity index (χ4n) is 3.66. The molecule has 1 atom stereocenters. The summed E-state index contributed by atoms with van der Waals surface area (Å²) in [4.78, 5) is 31.2. The van der Waals surface area contributed by atoms with E-state index in [4.69, 9.17) is 4.74 Å². The van der Waals surface area contributed by atoms with Crippen LogP contribution in [0.25, 0.3) is 5.65 Å². The van der Waals surface area contributed by atoms with Gasteiger partial charge in [-0.1, -0.05) is 18.2 Å². The first-order valence-corrected chi connectivity index (χ1v) is 9.65. The second-order valence-electron chi connectivity index (χ2n) is 7.37. The summed E-state index contributed by atoms with van der Waals surface area (Å²) in [6.45, 7) is 3.29. The number of hydrogen-bond donors (Lipinski definition) is 1.